The van der Waals surface area contributed by atoms with Crippen LogP contribution in [-0.2, 0) is 18.4 Å². The topological polar surface area (TPSA) is 103 Å². The van der Waals surface area contributed by atoms with Gasteiger partial charge in [-0.05, 0) is 51.1 Å². The van der Waals surface area contributed by atoms with Gasteiger partial charge < -0.3 is 9.84 Å². The molecular formula is C25H21ClF3N5O3. The minimum atomic E-state index is -4.60. The lowest BCUT2D eigenvalue weighted by atomic mass is 10.1. The normalized spacial score (nSPS) is 12.0. The third-order valence-corrected chi connectivity index (χ3v) is 5.55. The van der Waals surface area contributed by atoms with Crippen LogP contribution in [0.3, 0.4) is 0 Å². The van der Waals surface area contributed by atoms with Gasteiger partial charge in [0.15, 0.2) is 10.8 Å². The number of aliphatic hydroxyl groups is 1. The second kappa shape index (κ2) is 9.91. The minimum Gasteiger partial charge on any atom is -0.470 e. The van der Waals surface area contributed by atoms with Crippen molar-refractivity contribution in [3.8, 4) is 22.8 Å². The highest BCUT2D eigenvalue weighted by molar-refractivity contribution is 6.31. The molecule has 4 aromatic rings. The van der Waals surface area contributed by atoms with Gasteiger partial charge in [0, 0.05) is 11.8 Å². The molecule has 0 amide bonds. The van der Waals surface area contributed by atoms with Gasteiger partial charge in [-0.1, -0.05) is 29.8 Å². The lowest BCUT2D eigenvalue weighted by Gasteiger charge is -2.16. The van der Waals surface area contributed by atoms with Gasteiger partial charge in [0.2, 0.25) is 5.88 Å². The number of hydrogen-bond acceptors (Lipinski definition) is 7. The number of alkyl halides is 3. The van der Waals surface area contributed by atoms with E-state index in [1.165, 1.54) is 22.9 Å². The van der Waals surface area contributed by atoms with Gasteiger partial charge >= 0.3 is 6.18 Å². The summed E-state index contributed by atoms with van der Waals surface area (Å²) in [6.45, 7) is 4.35. The molecule has 0 unspecified atom stereocenters. The first-order valence-corrected chi connectivity index (χ1v) is 11.3. The van der Waals surface area contributed by atoms with Crippen molar-refractivity contribution in [1.82, 2.24) is 24.5 Å². The number of halogens is 4. The first-order valence-electron chi connectivity index (χ1n) is 11.0. The number of ether oxygens (including phenoxy) is 1. The maximum absolute atomic E-state index is 13.1. The molecule has 37 heavy (non-hydrogen) atoms. The van der Waals surface area contributed by atoms with E-state index >= 15 is 0 Å². The van der Waals surface area contributed by atoms with Crippen LogP contribution in [0.15, 0.2) is 59.5 Å². The fourth-order valence-corrected chi connectivity index (χ4v) is 3.64. The van der Waals surface area contributed by atoms with Crippen LogP contribution in [0.1, 0.15) is 36.9 Å². The van der Waals surface area contributed by atoms with Gasteiger partial charge in [0.05, 0.1) is 17.1 Å². The lowest BCUT2D eigenvalue weighted by Crippen LogP contribution is -2.23. The van der Waals surface area contributed by atoms with Crippen molar-refractivity contribution in [3.05, 3.63) is 93.1 Å². The summed E-state index contributed by atoms with van der Waals surface area (Å²) >= 11 is 6.25. The van der Waals surface area contributed by atoms with E-state index in [0.717, 1.165) is 6.07 Å². The summed E-state index contributed by atoms with van der Waals surface area (Å²) in [5.41, 5.74) is -1.29. The van der Waals surface area contributed by atoms with Crippen molar-refractivity contribution in [1.29, 1.82) is 0 Å². The van der Waals surface area contributed by atoms with E-state index in [1.54, 1.807) is 51.1 Å². The quantitative estimate of drug-likeness (QED) is 0.378. The van der Waals surface area contributed by atoms with Gasteiger partial charge in [-0.2, -0.15) is 18.2 Å². The summed E-state index contributed by atoms with van der Waals surface area (Å²) in [4.78, 5) is 29.4. The molecule has 4 rings (SSSR count). The Morgan fingerprint density at radius 1 is 1.05 bits per heavy atom. The fraction of sp³-hybridized carbons (Fsp3) is 0.240. The van der Waals surface area contributed by atoms with Gasteiger partial charge in [-0.25, -0.2) is 15.0 Å². The number of hydrogen-bond donors (Lipinski definition) is 1. The molecule has 1 N–H and O–H groups in total. The minimum absolute atomic E-state index is 0.00231. The zero-order valence-corrected chi connectivity index (χ0v) is 20.7. The van der Waals surface area contributed by atoms with Crippen molar-refractivity contribution in [2.75, 3.05) is 0 Å². The molecule has 0 atom stereocenters. The molecule has 0 radical (unpaired) electrons. The van der Waals surface area contributed by atoms with Crippen molar-refractivity contribution < 1.29 is 23.0 Å². The molecule has 0 spiro atoms. The molecule has 0 aliphatic heterocycles. The summed E-state index contributed by atoms with van der Waals surface area (Å²) in [5, 5.41) is 9.89. The van der Waals surface area contributed by atoms with E-state index in [0.29, 0.717) is 16.9 Å². The van der Waals surface area contributed by atoms with Gasteiger partial charge in [0.1, 0.15) is 23.7 Å². The molecule has 12 heteroatoms. The highest BCUT2D eigenvalue weighted by Gasteiger charge is 2.32. The van der Waals surface area contributed by atoms with E-state index in [2.05, 4.69) is 19.9 Å². The van der Waals surface area contributed by atoms with Crippen molar-refractivity contribution in [2.45, 2.75) is 39.2 Å². The van der Waals surface area contributed by atoms with Crippen LogP contribution in [0.2, 0.25) is 5.02 Å². The fourth-order valence-electron chi connectivity index (χ4n) is 3.46. The molecule has 192 valence electrons. The number of rotatable bonds is 6. The van der Waals surface area contributed by atoms with Crippen molar-refractivity contribution in [3.63, 3.8) is 0 Å². The number of benzene rings is 1. The van der Waals surface area contributed by atoms with E-state index in [9.17, 15) is 23.1 Å². The van der Waals surface area contributed by atoms with Crippen molar-refractivity contribution >= 4 is 11.6 Å². The zero-order chi connectivity index (χ0) is 27.0. The Bertz CT molecular complexity index is 1520. The third kappa shape index (κ3) is 5.78. The SMILES string of the molecule is Cc1nc(OCc2cccc(C(F)(F)F)n2)c(Cl)c(=O)n1-c1cccc(-c2ccnc(C(C)(C)O)n2)c1. The van der Waals surface area contributed by atoms with Crippen LogP contribution >= 0.6 is 11.6 Å². The van der Waals surface area contributed by atoms with E-state index in [4.69, 9.17) is 16.3 Å². The molecule has 0 saturated heterocycles. The van der Waals surface area contributed by atoms with Crippen LogP contribution in [0.5, 0.6) is 5.88 Å². The summed E-state index contributed by atoms with van der Waals surface area (Å²) in [5.74, 6) is 0.255. The zero-order valence-electron chi connectivity index (χ0n) is 19.9. The summed E-state index contributed by atoms with van der Waals surface area (Å²) in [6.07, 6.45) is -3.07. The maximum atomic E-state index is 13.1. The Kier molecular flexibility index (Phi) is 7.03. The van der Waals surface area contributed by atoms with Gasteiger partial charge in [-0.15, -0.1) is 0 Å². The molecular weight excluding hydrogens is 511 g/mol. The summed E-state index contributed by atoms with van der Waals surface area (Å²) in [7, 11) is 0. The highest BCUT2D eigenvalue weighted by atomic mass is 35.5. The molecule has 0 aliphatic rings. The average molecular weight is 532 g/mol. The third-order valence-electron chi connectivity index (χ3n) is 5.22. The van der Waals surface area contributed by atoms with Crippen LogP contribution in [-0.4, -0.2) is 29.6 Å². The second-order valence-electron chi connectivity index (χ2n) is 8.59. The van der Waals surface area contributed by atoms with E-state index in [-0.39, 0.29) is 34.9 Å². The number of aromatic nitrogens is 5. The predicted octanol–water partition coefficient (Wildman–Crippen LogP) is 4.87. The second-order valence-corrected chi connectivity index (χ2v) is 8.97. The Hall–Kier alpha value is -3.83. The summed E-state index contributed by atoms with van der Waals surface area (Å²) < 4.78 is 45.5. The molecule has 0 saturated carbocycles. The highest BCUT2D eigenvalue weighted by Crippen LogP contribution is 2.28. The Balaban J connectivity index is 1.64. The van der Waals surface area contributed by atoms with Crippen LogP contribution in [0.25, 0.3) is 16.9 Å². The molecule has 3 aromatic heterocycles. The summed E-state index contributed by atoms with van der Waals surface area (Å²) in [6, 6.07) is 12.0. The monoisotopic (exact) mass is 531 g/mol. The Labute approximate surface area is 214 Å². The smallest absolute Gasteiger partial charge is 0.433 e. The van der Waals surface area contributed by atoms with E-state index in [1.807, 2.05) is 0 Å². The van der Waals surface area contributed by atoms with Gasteiger partial charge in [0.25, 0.3) is 5.56 Å². The molecule has 0 bridgehead atoms. The number of aryl methyl sites for hydroxylation is 1. The Morgan fingerprint density at radius 3 is 2.49 bits per heavy atom. The van der Waals surface area contributed by atoms with Crippen LogP contribution in [0.4, 0.5) is 13.2 Å². The first kappa shape index (κ1) is 26.2. The van der Waals surface area contributed by atoms with E-state index < -0.39 is 23.0 Å². The molecule has 8 nitrogen and oxygen atoms in total. The lowest BCUT2D eigenvalue weighted by molar-refractivity contribution is -0.141. The molecule has 0 fully saturated rings. The predicted molar refractivity (Wildman–Crippen MR) is 129 cm³/mol. The number of pyridine rings is 1. The van der Waals surface area contributed by atoms with Gasteiger partial charge in [-0.3, -0.25) is 9.36 Å². The standard InChI is InChI=1S/C25H21ClF3N5O3/c1-14-31-21(37-13-16-7-5-9-19(32-16)25(27,28)29)20(26)22(35)34(14)17-8-4-6-15(12-17)18-10-11-30-23(33-18)24(2,3)36/h4-12,36H,13H2,1-3H3. The molecule has 3 heterocycles. The maximum Gasteiger partial charge on any atom is 0.433 e. The number of nitrogens with zero attached hydrogens (tertiary/aromatic N) is 5. The average Bonchev–Trinajstić information content (AvgIpc) is 2.85. The van der Waals surface area contributed by atoms with Crippen molar-refractivity contribution in [2.24, 2.45) is 0 Å². The van der Waals surface area contributed by atoms with Crippen LogP contribution in [0, 0.1) is 6.92 Å². The largest absolute Gasteiger partial charge is 0.470 e. The van der Waals surface area contributed by atoms with Crippen LogP contribution < -0.4 is 10.3 Å². The first-order chi connectivity index (χ1) is 17.3. The molecule has 0 aliphatic carbocycles. The Morgan fingerprint density at radius 2 is 1.78 bits per heavy atom. The molecule has 1 aromatic carbocycles.